The number of nitrogens with zero attached hydrogens (tertiary/aromatic N) is 2. The summed E-state index contributed by atoms with van der Waals surface area (Å²) in [5, 5.41) is 4.61. The summed E-state index contributed by atoms with van der Waals surface area (Å²) in [5.74, 6) is 7.09. The molecule has 2 rings (SSSR count). The summed E-state index contributed by atoms with van der Waals surface area (Å²) < 4.78 is 3.78. The van der Waals surface area contributed by atoms with E-state index in [-0.39, 0.29) is 0 Å². The van der Waals surface area contributed by atoms with Gasteiger partial charge in [0.1, 0.15) is 0 Å². The molecule has 0 N–H and O–H groups in total. The summed E-state index contributed by atoms with van der Waals surface area (Å²) in [6.07, 6.45) is 0. The fraction of sp³-hybridized carbons (Fsp3) is 0.273. The van der Waals surface area contributed by atoms with Crippen molar-refractivity contribution >= 4 is 45.8 Å². The molecule has 0 bridgehead atoms. The Bertz CT molecular complexity index is 554. The first kappa shape index (κ1) is 13.3. The van der Waals surface area contributed by atoms with Gasteiger partial charge in [-0.1, -0.05) is 0 Å². The Morgan fingerprint density at radius 3 is 2.47 bits per heavy atom. The molecular weight excluding hydrogens is 329 g/mol. The van der Waals surface area contributed by atoms with E-state index in [0.717, 1.165) is 14.0 Å². The molecule has 0 amide bonds. The second-order valence-corrected chi connectivity index (χ2v) is 23.6. The quantitative estimate of drug-likeness (QED) is 0.600. The van der Waals surface area contributed by atoms with E-state index in [1.807, 2.05) is 45.1 Å². The standard InChI is InChI=1S/C11H14GeN2S3/c1-12(2,3)17-10-13-14(11(15)16-10)9-7-5-4-6-8-9/h4-8H,1-3H3. The van der Waals surface area contributed by atoms with Crippen LogP contribution in [0.5, 0.6) is 0 Å². The number of hydrogen-bond acceptors (Lipinski definition) is 4. The molecule has 0 spiro atoms. The van der Waals surface area contributed by atoms with Gasteiger partial charge in [0.05, 0.1) is 0 Å². The third kappa shape index (κ3) is 3.67. The summed E-state index contributed by atoms with van der Waals surface area (Å²) >= 11 is 5.30. The van der Waals surface area contributed by atoms with Crippen LogP contribution in [0.4, 0.5) is 0 Å². The van der Waals surface area contributed by atoms with Crippen molar-refractivity contribution in [3.05, 3.63) is 34.3 Å². The molecule has 6 heteroatoms. The first-order valence-corrected chi connectivity index (χ1v) is 16.2. The molecule has 0 aliphatic heterocycles. The van der Waals surface area contributed by atoms with E-state index in [0.29, 0.717) is 0 Å². The van der Waals surface area contributed by atoms with Crippen molar-refractivity contribution in [1.29, 1.82) is 0 Å². The van der Waals surface area contributed by atoms with E-state index in [1.54, 1.807) is 11.3 Å². The maximum absolute atomic E-state index is 5.37. The molecule has 1 heterocycles. The molecule has 17 heavy (non-hydrogen) atoms. The van der Waals surface area contributed by atoms with Gasteiger partial charge in [-0.15, -0.1) is 0 Å². The third-order valence-electron chi connectivity index (χ3n) is 1.92. The third-order valence-corrected chi connectivity index (χ3v) is 10.3. The average molecular weight is 343 g/mol. The Balaban J connectivity index is 2.36. The van der Waals surface area contributed by atoms with E-state index in [9.17, 15) is 0 Å². The minimum absolute atomic E-state index is 0.824. The summed E-state index contributed by atoms with van der Waals surface area (Å²) in [6, 6.07) is 10.1. The number of aromatic nitrogens is 2. The molecule has 2 aromatic rings. The van der Waals surface area contributed by atoms with E-state index >= 15 is 0 Å². The van der Waals surface area contributed by atoms with Crippen LogP contribution in [0, 0.1) is 3.95 Å². The van der Waals surface area contributed by atoms with Crippen molar-refractivity contribution in [2.45, 2.75) is 21.6 Å². The van der Waals surface area contributed by atoms with Crippen LogP contribution in [-0.4, -0.2) is 21.9 Å². The second-order valence-electron chi connectivity index (χ2n) is 4.60. The number of benzene rings is 1. The summed E-state index contributed by atoms with van der Waals surface area (Å²) in [4.78, 5) is 0. The summed E-state index contributed by atoms with van der Waals surface area (Å²) in [5.41, 5.74) is 1.04. The molecule has 0 saturated heterocycles. The van der Waals surface area contributed by atoms with Crippen molar-refractivity contribution in [2.75, 3.05) is 0 Å². The van der Waals surface area contributed by atoms with Gasteiger partial charge in [-0.2, -0.15) is 0 Å². The predicted octanol–water partition coefficient (Wildman–Crippen LogP) is 4.59. The average Bonchev–Trinajstić information content (AvgIpc) is 2.58. The van der Waals surface area contributed by atoms with Gasteiger partial charge in [0, 0.05) is 0 Å². The van der Waals surface area contributed by atoms with Crippen LogP contribution in [0.2, 0.25) is 17.3 Å². The van der Waals surface area contributed by atoms with Crippen LogP contribution in [0.1, 0.15) is 0 Å². The molecule has 90 valence electrons. The molecule has 2 nitrogen and oxygen atoms in total. The van der Waals surface area contributed by atoms with Crippen molar-refractivity contribution in [1.82, 2.24) is 9.78 Å². The molecule has 1 aromatic carbocycles. The monoisotopic (exact) mass is 344 g/mol. The summed E-state index contributed by atoms with van der Waals surface area (Å²) in [6.45, 7) is 0. The molecule has 1 aromatic heterocycles. The Morgan fingerprint density at radius 1 is 1.24 bits per heavy atom. The zero-order chi connectivity index (χ0) is 12.5. The molecule has 0 aliphatic carbocycles. The Morgan fingerprint density at radius 2 is 1.88 bits per heavy atom. The van der Waals surface area contributed by atoms with Gasteiger partial charge >= 0.3 is 117 Å². The van der Waals surface area contributed by atoms with Crippen LogP contribution in [0.3, 0.4) is 0 Å². The number of hydrogen-bond donors (Lipinski definition) is 0. The molecule has 0 atom stereocenters. The normalized spacial score (nSPS) is 11.7. The van der Waals surface area contributed by atoms with Crippen molar-refractivity contribution in [3.63, 3.8) is 0 Å². The molecule has 0 aliphatic rings. The molecular formula is C11H14GeN2S3. The van der Waals surface area contributed by atoms with Gasteiger partial charge < -0.3 is 0 Å². The molecule has 0 saturated carbocycles. The van der Waals surface area contributed by atoms with Crippen molar-refractivity contribution < 1.29 is 0 Å². The van der Waals surface area contributed by atoms with Gasteiger partial charge in [0.15, 0.2) is 0 Å². The summed E-state index contributed by atoms with van der Waals surface area (Å²) in [7, 11) is 1.94. The zero-order valence-electron chi connectivity index (χ0n) is 10.0. The van der Waals surface area contributed by atoms with Crippen LogP contribution in [-0.2, 0) is 0 Å². The van der Waals surface area contributed by atoms with Crippen LogP contribution >= 0.6 is 33.6 Å². The van der Waals surface area contributed by atoms with E-state index in [4.69, 9.17) is 12.2 Å². The minimum atomic E-state index is -1.68. The Kier molecular flexibility index (Phi) is 4.12. The Hall–Kier alpha value is -0.107. The van der Waals surface area contributed by atoms with Crippen LogP contribution in [0.15, 0.2) is 34.7 Å². The zero-order valence-corrected chi connectivity index (χ0v) is 14.6. The SMILES string of the molecule is [CH3][Ge]([CH3])([CH3])[S]c1nn(-c2ccccc2)c(=S)s1. The first-order chi connectivity index (χ1) is 7.96. The fourth-order valence-electron chi connectivity index (χ4n) is 1.30. The van der Waals surface area contributed by atoms with Crippen molar-refractivity contribution in [2.24, 2.45) is 0 Å². The molecule has 0 radical (unpaired) electrons. The van der Waals surface area contributed by atoms with E-state index in [2.05, 4.69) is 22.4 Å². The topological polar surface area (TPSA) is 17.8 Å². The van der Waals surface area contributed by atoms with E-state index in [1.165, 1.54) is 0 Å². The first-order valence-electron chi connectivity index (χ1n) is 5.30. The van der Waals surface area contributed by atoms with Gasteiger partial charge in [-0.25, -0.2) is 0 Å². The predicted molar refractivity (Wildman–Crippen MR) is 81.5 cm³/mol. The van der Waals surface area contributed by atoms with Crippen LogP contribution in [0.25, 0.3) is 5.69 Å². The van der Waals surface area contributed by atoms with Crippen LogP contribution < -0.4 is 0 Å². The fourth-order valence-corrected chi connectivity index (χ4v) is 11.6. The second kappa shape index (κ2) is 5.26. The van der Waals surface area contributed by atoms with E-state index < -0.39 is 12.1 Å². The number of rotatable bonds is 3. The molecule has 0 unspecified atom stereocenters. The van der Waals surface area contributed by atoms with Crippen molar-refractivity contribution in [3.8, 4) is 5.69 Å². The van der Waals surface area contributed by atoms with Gasteiger partial charge in [0.2, 0.25) is 0 Å². The van der Waals surface area contributed by atoms with Gasteiger partial charge in [-0.3, -0.25) is 0 Å². The maximum atomic E-state index is 5.37. The number of para-hydroxylation sites is 1. The Labute approximate surface area is 116 Å². The van der Waals surface area contributed by atoms with Gasteiger partial charge in [-0.05, 0) is 0 Å². The molecule has 0 fully saturated rings. The van der Waals surface area contributed by atoms with Gasteiger partial charge in [0.25, 0.3) is 0 Å².